The number of phenolic OH excluding ortho intramolecular Hbond substituents is 1. The van der Waals surface area contributed by atoms with E-state index in [9.17, 15) is 9.90 Å². The molecular weight excluding hydrogens is 372 g/mol. The number of hydrogen-bond donors (Lipinski definition) is 1. The maximum Gasteiger partial charge on any atom is 0.274 e. The lowest BCUT2D eigenvalue weighted by molar-refractivity contribution is 0.373. The van der Waals surface area contributed by atoms with Crippen molar-refractivity contribution in [3.63, 3.8) is 0 Å². The largest absolute Gasteiger partial charge is 0.504 e. The fourth-order valence-corrected chi connectivity index (χ4v) is 4.08. The highest BCUT2D eigenvalue weighted by atomic mass is 35.5. The molecule has 5 nitrogen and oxygen atoms in total. The molecule has 0 unspecified atom stereocenters. The lowest BCUT2D eigenvalue weighted by Crippen LogP contribution is -2.22. The first-order chi connectivity index (χ1) is 12.4. The average molecular weight is 387 g/mol. The molecular formula is C19H15ClN2O3S. The number of aryl methyl sites for hydroxylation is 2. The van der Waals surface area contributed by atoms with Crippen LogP contribution in [-0.4, -0.2) is 21.6 Å². The Morgan fingerprint density at radius 1 is 1.23 bits per heavy atom. The Bertz CT molecular complexity index is 1290. The quantitative estimate of drug-likeness (QED) is 0.573. The van der Waals surface area contributed by atoms with Crippen LogP contribution < -0.4 is 14.8 Å². The summed E-state index contributed by atoms with van der Waals surface area (Å²) >= 11 is 7.50. The van der Waals surface area contributed by atoms with Crippen LogP contribution in [-0.2, 0) is 0 Å². The van der Waals surface area contributed by atoms with E-state index in [2.05, 4.69) is 4.98 Å². The van der Waals surface area contributed by atoms with E-state index in [1.54, 1.807) is 16.5 Å². The summed E-state index contributed by atoms with van der Waals surface area (Å²) in [6, 6.07) is 6.98. The third-order valence-corrected chi connectivity index (χ3v) is 5.74. The van der Waals surface area contributed by atoms with Crippen molar-refractivity contribution in [1.82, 2.24) is 9.38 Å². The molecule has 4 rings (SSSR count). The van der Waals surface area contributed by atoms with E-state index in [-0.39, 0.29) is 11.3 Å². The monoisotopic (exact) mass is 386 g/mol. The van der Waals surface area contributed by atoms with Gasteiger partial charge < -0.3 is 9.84 Å². The molecule has 0 spiro atoms. The lowest BCUT2D eigenvalue weighted by Gasteiger charge is -2.05. The number of hydrogen-bond acceptors (Lipinski definition) is 5. The van der Waals surface area contributed by atoms with Crippen molar-refractivity contribution in [3.8, 4) is 11.5 Å². The topological polar surface area (TPSA) is 63.8 Å². The molecule has 0 radical (unpaired) electrons. The normalized spacial score (nSPS) is 12.4. The summed E-state index contributed by atoms with van der Waals surface area (Å²) in [6.07, 6.45) is 1.69. The van der Waals surface area contributed by atoms with Gasteiger partial charge in [0.2, 0.25) is 0 Å². The van der Waals surface area contributed by atoms with Gasteiger partial charge in [-0.2, -0.15) is 0 Å². The van der Waals surface area contributed by atoms with Crippen molar-refractivity contribution in [3.05, 3.63) is 60.9 Å². The van der Waals surface area contributed by atoms with Gasteiger partial charge >= 0.3 is 0 Å². The highest BCUT2D eigenvalue weighted by Gasteiger charge is 2.13. The van der Waals surface area contributed by atoms with Gasteiger partial charge in [-0.25, -0.2) is 9.38 Å². The summed E-state index contributed by atoms with van der Waals surface area (Å²) in [7, 11) is 1.46. The van der Waals surface area contributed by atoms with Crippen LogP contribution in [0.15, 0.2) is 29.1 Å². The van der Waals surface area contributed by atoms with Gasteiger partial charge in [0.05, 0.1) is 27.7 Å². The molecule has 2 aromatic heterocycles. The molecule has 0 saturated carbocycles. The van der Waals surface area contributed by atoms with Crippen LogP contribution >= 0.6 is 22.9 Å². The Morgan fingerprint density at radius 3 is 2.69 bits per heavy atom. The second-order valence-corrected chi connectivity index (χ2v) is 7.53. The fraction of sp³-hybridized carbons (Fsp3) is 0.158. The number of aromatic hydroxyl groups is 1. The number of benzene rings is 2. The minimum absolute atomic E-state index is 0.0465. The molecule has 7 heteroatoms. The summed E-state index contributed by atoms with van der Waals surface area (Å²) in [6.45, 7) is 4.04. The highest BCUT2D eigenvalue weighted by Crippen LogP contribution is 2.32. The maximum atomic E-state index is 12.9. The lowest BCUT2D eigenvalue weighted by atomic mass is 10.1. The Labute approximate surface area is 157 Å². The Morgan fingerprint density at radius 2 is 1.96 bits per heavy atom. The Balaban J connectivity index is 1.99. The number of methoxy groups -OCH3 is 1. The van der Waals surface area contributed by atoms with E-state index in [0.717, 1.165) is 22.2 Å². The molecule has 26 heavy (non-hydrogen) atoms. The SMILES string of the molecule is COc1cc(C=c2sc3nc4cc(C)c(C)cc4n3c2=O)c(Cl)cc1O. The molecule has 0 saturated heterocycles. The number of nitrogens with zero attached hydrogens (tertiary/aromatic N) is 2. The Kier molecular flexibility index (Phi) is 3.89. The number of halogens is 1. The minimum Gasteiger partial charge on any atom is -0.504 e. The first kappa shape index (κ1) is 16.9. The van der Waals surface area contributed by atoms with Crippen molar-refractivity contribution >= 4 is 45.0 Å². The number of rotatable bonds is 2. The van der Waals surface area contributed by atoms with E-state index in [4.69, 9.17) is 16.3 Å². The van der Waals surface area contributed by atoms with Gasteiger partial charge in [0.15, 0.2) is 16.5 Å². The molecule has 1 N–H and O–H groups in total. The summed E-state index contributed by atoms with van der Waals surface area (Å²) in [5.41, 5.74) is 4.33. The molecule has 2 aromatic carbocycles. The van der Waals surface area contributed by atoms with Crippen LogP contribution in [0.1, 0.15) is 16.7 Å². The van der Waals surface area contributed by atoms with Crippen LogP contribution in [0.2, 0.25) is 5.02 Å². The molecule has 0 bridgehead atoms. The second kappa shape index (κ2) is 6.00. The average Bonchev–Trinajstić information content (AvgIpc) is 3.07. The Hall–Kier alpha value is -2.57. The second-order valence-electron chi connectivity index (χ2n) is 6.12. The van der Waals surface area contributed by atoms with E-state index < -0.39 is 0 Å². The summed E-state index contributed by atoms with van der Waals surface area (Å²) in [5.74, 6) is 0.251. The first-order valence-electron chi connectivity index (χ1n) is 7.89. The first-order valence-corrected chi connectivity index (χ1v) is 9.09. The zero-order valence-electron chi connectivity index (χ0n) is 14.3. The van der Waals surface area contributed by atoms with Gasteiger partial charge in [0.25, 0.3) is 5.56 Å². The summed E-state index contributed by atoms with van der Waals surface area (Å²) in [4.78, 5) is 18.1. The van der Waals surface area contributed by atoms with Crippen LogP contribution in [0.4, 0.5) is 0 Å². The van der Waals surface area contributed by atoms with Crippen molar-refractivity contribution < 1.29 is 9.84 Å². The molecule has 0 atom stereocenters. The molecule has 0 amide bonds. The smallest absolute Gasteiger partial charge is 0.274 e. The maximum absolute atomic E-state index is 12.9. The van der Waals surface area contributed by atoms with Gasteiger partial charge in [0.1, 0.15) is 0 Å². The number of ether oxygens (including phenoxy) is 1. The molecule has 4 aromatic rings. The van der Waals surface area contributed by atoms with E-state index in [1.165, 1.54) is 24.5 Å². The van der Waals surface area contributed by atoms with Crippen LogP contribution in [0.25, 0.3) is 22.1 Å². The standard InChI is InChI=1S/C19H15ClN2O3S/c1-9-4-13-14(5-10(9)2)22-18(24)17(26-19(22)21-13)7-11-6-16(25-3)15(23)8-12(11)20/h4-8,23H,1-3H3. The zero-order chi connectivity index (χ0) is 18.6. The number of fused-ring (bicyclic) bond motifs is 3. The van der Waals surface area contributed by atoms with Gasteiger partial charge in [-0.1, -0.05) is 22.9 Å². The molecule has 2 heterocycles. The number of thiazole rings is 1. The highest BCUT2D eigenvalue weighted by molar-refractivity contribution is 7.15. The van der Waals surface area contributed by atoms with Crippen molar-refractivity contribution in [2.45, 2.75) is 13.8 Å². The van der Waals surface area contributed by atoms with Gasteiger partial charge in [-0.3, -0.25) is 4.79 Å². The number of phenols is 1. The van der Waals surface area contributed by atoms with Gasteiger partial charge in [-0.15, -0.1) is 0 Å². The third kappa shape index (κ3) is 2.53. The van der Waals surface area contributed by atoms with Crippen LogP contribution in [0.5, 0.6) is 11.5 Å². The molecule has 132 valence electrons. The fourth-order valence-electron chi connectivity index (χ4n) is 2.89. The predicted molar refractivity (Wildman–Crippen MR) is 105 cm³/mol. The van der Waals surface area contributed by atoms with Crippen LogP contribution in [0, 0.1) is 13.8 Å². The van der Waals surface area contributed by atoms with E-state index in [0.29, 0.717) is 25.8 Å². The van der Waals surface area contributed by atoms with Gasteiger partial charge in [0, 0.05) is 6.07 Å². The zero-order valence-corrected chi connectivity index (χ0v) is 15.9. The predicted octanol–water partition coefficient (Wildman–Crippen LogP) is 3.44. The molecule has 0 fully saturated rings. The summed E-state index contributed by atoms with van der Waals surface area (Å²) in [5, 5.41) is 10.1. The number of aromatic nitrogens is 2. The van der Waals surface area contributed by atoms with E-state index in [1.807, 2.05) is 26.0 Å². The molecule has 0 aliphatic heterocycles. The third-order valence-electron chi connectivity index (χ3n) is 4.44. The summed E-state index contributed by atoms with van der Waals surface area (Å²) < 4.78 is 7.26. The van der Waals surface area contributed by atoms with Crippen LogP contribution in [0.3, 0.4) is 0 Å². The van der Waals surface area contributed by atoms with Crippen molar-refractivity contribution in [1.29, 1.82) is 0 Å². The molecule has 0 aliphatic carbocycles. The van der Waals surface area contributed by atoms with Gasteiger partial charge in [-0.05, 0) is 54.8 Å². The van der Waals surface area contributed by atoms with Crippen molar-refractivity contribution in [2.75, 3.05) is 7.11 Å². The van der Waals surface area contributed by atoms with Crippen molar-refractivity contribution in [2.24, 2.45) is 0 Å². The minimum atomic E-state index is -0.140. The molecule has 0 aliphatic rings. The van der Waals surface area contributed by atoms with E-state index >= 15 is 0 Å². The number of imidazole rings is 1.